The number of carboxylic acid groups (broad SMARTS) is 1. The summed E-state index contributed by atoms with van der Waals surface area (Å²) in [5, 5.41) is 17.1. The molecular formula is C16H30O4. The summed E-state index contributed by atoms with van der Waals surface area (Å²) in [6, 6.07) is 0. The van der Waals surface area contributed by atoms with Crippen LogP contribution >= 0.6 is 0 Å². The van der Waals surface area contributed by atoms with Crippen molar-refractivity contribution in [2.45, 2.75) is 83.5 Å². The molecule has 0 radical (unpaired) electrons. The normalized spacial score (nSPS) is 10.7. The molecule has 0 unspecified atom stereocenters. The molecule has 0 heterocycles. The van der Waals surface area contributed by atoms with Crippen LogP contribution in [-0.2, 0) is 9.59 Å². The highest BCUT2D eigenvalue weighted by Crippen LogP contribution is 2.11. The van der Waals surface area contributed by atoms with Crippen LogP contribution in [-0.4, -0.2) is 28.6 Å². The first-order chi connectivity index (χ1) is 9.66. The van der Waals surface area contributed by atoms with Gasteiger partial charge in [0.2, 0.25) is 0 Å². The second kappa shape index (κ2) is 14.5. The molecule has 2 N–H and O–H groups in total. The number of aliphatic hydroxyl groups is 1. The van der Waals surface area contributed by atoms with Gasteiger partial charge in [-0.2, -0.15) is 0 Å². The Bertz CT molecular complexity index is 251. The van der Waals surface area contributed by atoms with Crippen LogP contribution in [0, 0.1) is 0 Å². The molecule has 0 saturated heterocycles. The fourth-order valence-corrected chi connectivity index (χ4v) is 2.22. The van der Waals surface area contributed by atoms with E-state index in [4.69, 9.17) is 10.2 Å². The van der Waals surface area contributed by atoms with Gasteiger partial charge in [0.15, 0.2) is 0 Å². The van der Waals surface area contributed by atoms with Crippen LogP contribution in [0.3, 0.4) is 0 Å². The Morgan fingerprint density at radius 1 is 0.600 bits per heavy atom. The highest BCUT2D eigenvalue weighted by atomic mass is 16.4. The Kier molecular flexibility index (Phi) is 13.9. The second-order valence-corrected chi connectivity index (χ2v) is 5.44. The van der Waals surface area contributed by atoms with Gasteiger partial charge in [-0.1, -0.05) is 38.5 Å². The van der Waals surface area contributed by atoms with E-state index in [1.54, 1.807) is 0 Å². The van der Waals surface area contributed by atoms with Gasteiger partial charge in [0.25, 0.3) is 0 Å². The minimum atomic E-state index is -0.713. The largest absolute Gasteiger partial charge is 0.481 e. The summed E-state index contributed by atoms with van der Waals surface area (Å²) in [5.74, 6) is -0.352. The van der Waals surface area contributed by atoms with Crippen molar-refractivity contribution in [1.82, 2.24) is 0 Å². The van der Waals surface area contributed by atoms with Crippen molar-refractivity contribution >= 4 is 11.8 Å². The third-order valence-corrected chi connectivity index (χ3v) is 3.46. The molecule has 0 aromatic rings. The molecule has 0 aromatic heterocycles. The minimum absolute atomic E-state index is 0.250. The number of ketones is 1. The van der Waals surface area contributed by atoms with Gasteiger partial charge in [-0.25, -0.2) is 0 Å². The smallest absolute Gasteiger partial charge is 0.303 e. The van der Waals surface area contributed by atoms with E-state index in [1.807, 2.05) is 0 Å². The Balaban J connectivity index is 3.17. The number of aliphatic carboxylic acids is 1. The quantitative estimate of drug-likeness (QED) is 0.450. The van der Waals surface area contributed by atoms with Crippen LogP contribution in [0.1, 0.15) is 83.5 Å². The van der Waals surface area contributed by atoms with Crippen molar-refractivity contribution in [1.29, 1.82) is 0 Å². The van der Waals surface area contributed by atoms with Gasteiger partial charge >= 0.3 is 5.97 Å². The molecule has 0 spiro atoms. The van der Waals surface area contributed by atoms with Crippen LogP contribution in [0.2, 0.25) is 0 Å². The van der Waals surface area contributed by atoms with Gasteiger partial charge in [0, 0.05) is 25.9 Å². The topological polar surface area (TPSA) is 74.6 Å². The monoisotopic (exact) mass is 286 g/mol. The van der Waals surface area contributed by atoms with Crippen LogP contribution in [0.15, 0.2) is 0 Å². The molecule has 20 heavy (non-hydrogen) atoms. The van der Waals surface area contributed by atoms with Gasteiger partial charge in [-0.05, 0) is 25.7 Å². The van der Waals surface area contributed by atoms with E-state index in [0.29, 0.717) is 18.6 Å². The minimum Gasteiger partial charge on any atom is -0.481 e. The lowest BCUT2D eigenvalue weighted by Crippen LogP contribution is -1.98. The van der Waals surface area contributed by atoms with E-state index >= 15 is 0 Å². The first-order valence-electron chi connectivity index (χ1n) is 8.01. The Morgan fingerprint density at radius 3 is 1.45 bits per heavy atom. The molecular weight excluding hydrogens is 256 g/mol. The molecule has 0 aliphatic carbocycles. The van der Waals surface area contributed by atoms with Crippen LogP contribution < -0.4 is 0 Å². The molecule has 0 atom stereocenters. The SMILES string of the molecule is O=C(O)CCCCCCCCC(=O)CCCCCCO. The molecule has 0 aromatic carbocycles. The fourth-order valence-electron chi connectivity index (χ4n) is 2.22. The lowest BCUT2D eigenvalue weighted by molar-refractivity contribution is -0.137. The van der Waals surface area contributed by atoms with E-state index in [2.05, 4.69) is 0 Å². The summed E-state index contributed by atoms with van der Waals surface area (Å²) < 4.78 is 0. The second-order valence-electron chi connectivity index (χ2n) is 5.44. The van der Waals surface area contributed by atoms with E-state index in [-0.39, 0.29) is 13.0 Å². The summed E-state index contributed by atoms with van der Waals surface area (Å²) in [7, 11) is 0. The van der Waals surface area contributed by atoms with Crippen LogP contribution in [0.5, 0.6) is 0 Å². The maximum atomic E-state index is 11.6. The third kappa shape index (κ3) is 15.2. The lowest BCUT2D eigenvalue weighted by Gasteiger charge is -2.02. The van der Waals surface area contributed by atoms with Crippen molar-refractivity contribution in [2.24, 2.45) is 0 Å². The molecule has 118 valence electrons. The number of Topliss-reactive ketones (excluding diaryl/α,β-unsaturated/α-hetero) is 1. The third-order valence-electron chi connectivity index (χ3n) is 3.46. The average molecular weight is 286 g/mol. The van der Waals surface area contributed by atoms with Gasteiger partial charge in [-0.15, -0.1) is 0 Å². The number of hydrogen-bond donors (Lipinski definition) is 2. The molecule has 4 nitrogen and oxygen atoms in total. The van der Waals surface area contributed by atoms with Crippen molar-refractivity contribution in [3.8, 4) is 0 Å². The van der Waals surface area contributed by atoms with Crippen molar-refractivity contribution < 1.29 is 19.8 Å². The standard InChI is InChI=1S/C16H30O4/c17-14-10-6-5-8-12-15(18)11-7-3-1-2-4-9-13-16(19)20/h17H,1-14H2,(H,19,20). The molecule has 0 bridgehead atoms. The molecule has 0 rings (SSSR count). The Hall–Kier alpha value is -0.900. The average Bonchev–Trinajstić information content (AvgIpc) is 2.41. The van der Waals surface area contributed by atoms with Crippen molar-refractivity contribution in [3.05, 3.63) is 0 Å². The first-order valence-corrected chi connectivity index (χ1v) is 8.01. The lowest BCUT2D eigenvalue weighted by atomic mass is 10.0. The number of unbranched alkanes of at least 4 members (excludes halogenated alkanes) is 8. The van der Waals surface area contributed by atoms with Gasteiger partial charge in [0.05, 0.1) is 0 Å². The summed E-state index contributed by atoms with van der Waals surface area (Å²) in [6.45, 7) is 0.250. The van der Waals surface area contributed by atoms with E-state index in [1.165, 1.54) is 0 Å². The molecule has 0 saturated carbocycles. The highest BCUT2D eigenvalue weighted by molar-refractivity contribution is 5.78. The Labute approximate surface area is 122 Å². The predicted molar refractivity (Wildman–Crippen MR) is 79.7 cm³/mol. The molecule has 0 aliphatic heterocycles. The number of hydrogen-bond acceptors (Lipinski definition) is 3. The maximum Gasteiger partial charge on any atom is 0.303 e. The molecule has 4 heteroatoms. The zero-order valence-corrected chi connectivity index (χ0v) is 12.6. The molecule has 0 aliphatic rings. The van der Waals surface area contributed by atoms with Crippen LogP contribution in [0.4, 0.5) is 0 Å². The summed E-state index contributed by atoms with van der Waals surface area (Å²) in [4.78, 5) is 21.9. The van der Waals surface area contributed by atoms with E-state index < -0.39 is 5.97 Å². The highest BCUT2D eigenvalue weighted by Gasteiger charge is 2.02. The van der Waals surface area contributed by atoms with E-state index in [0.717, 1.165) is 64.2 Å². The number of carbonyl (C=O) groups is 2. The van der Waals surface area contributed by atoms with Gasteiger partial charge in [-0.3, -0.25) is 9.59 Å². The molecule has 0 amide bonds. The number of rotatable bonds is 15. The van der Waals surface area contributed by atoms with E-state index in [9.17, 15) is 9.59 Å². The Morgan fingerprint density at radius 2 is 1.00 bits per heavy atom. The van der Waals surface area contributed by atoms with Gasteiger partial charge in [0.1, 0.15) is 5.78 Å². The van der Waals surface area contributed by atoms with Crippen molar-refractivity contribution in [3.63, 3.8) is 0 Å². The summed E-state index contributed by atoms with van der Waals surface area (Å²) >= 11 is 0. The first kappa shape index (κ1) is 19.1. The zero-order chi connectivity index (χ0) is 15.1. The summed E-state index contributed by atoms with van der Waals surface area (Å²) in [5.41, 5.74) is 0. The van der Waals surface area contributed by atoms with Crippen molar-refractivity contribution in [2.75, 3.05) is 6.61 Å². The number of carboxylic acids is 1. The zero-order valence-electron chi connectivity index (χ0n) is 12.6. The maximum absolute atomic E-state index is 11.6. The molecule has 0 fully saturated rings. The number of carbonyl (C=O) groups excluding carboxylic acids is 1. The fraction of sp³-hybridized carbons (Fsp3) is 0.875. The van der Waals surface area contributed by atoms with Crippen LogP contribution in [0.25, 0.3) is 0 Å². The summed E-state index contributed by atoms with van der Waals surface area (Å²) in [6.07, 6.45) is 11.4. The predicted octanol–water partition coefficient (Wildman–Crippen LogP) is 3.70. The number of aliphatic hydroxyl groups excluding tert-OH is 1. The van der Waals surface area contributed by atoms with Gasteiger partial charge < -0.3 is 10.2 Å².